The maximum atomic E-state index is 10.3. The Kier molecular flexibility index (Phi) is 5.86. The zero-order valence-corrected chi connectivity index (χ0v) is 15.1. The number of β-amino-alcohol motifs (C(OH)–C–C–N with tert-alkyl or cyclic N) is 1. The van der Waals surface area contributed by atoms with Crippen molar-refractivity contribution in [3.8, 4) is 5.69 Å². The summed E-state index contributed by atoms with van der Waals surface area (Å²) in [4.78, 5) is 2.36. The normalized spacial score (nSPS) is 18.0. The molecular formula is C17H25N5OS. The van der Waals surface area contributed by atoms with Crippen LogP contribution in [0.1, 0.15) is 25.3 Å². The second-order valence-corrected chi connectivity index (χ2v) is 7.65. The van der Waals surface area contributed by atoms with Gasteiger partial charge in [0.2, 0.25) is 5.16 Å². The molecule has 1 aliphatic heterocycles. The van der Waals surface area contributed by atoms with Gasteiger partial charge in [-0.25, -0.2) is 0 Å². The van der Waals surface area contributed by atoms with Crippen LogP contribution in [0.5, 0.6) is 0 Å². The zero-order valence-electron chi connectivity index (χ0n) is 14.3. The van der Waals surface area contributed by atoms with Crippen molar-refractivity contribution in [1.82, 2.24) is 25.1 Å². The molecular weight excluding hydrogens is 322 g/mol. The number of aliphatic hydroxyl groups excluding tert-OH is 1. The third-order valence-corrected chi connectivity index (χ3v) is 5.50. The van der Waals surface area contributed by atoms with Gasteiger partial charge in [0.05, 0.1) is 11.8 Å². The van der Waals surface area contributed by atoms with E-state index in [1.165, 1.54) is 30.2 Å². The maximum Gasteiger partial charge on any atom is 0.214 e. The number of tetrazole rings is 1. The lowest BCUT2D eigenvalue weighted by atomic mass is 9.99. The van der Waals surface area contributed by atoms with Crippen LogP contribution in [0.25, 0.3) is 5.69 Å². The Morgan fingerprint density at radius 3 is 2.88 bits per heavy atom. The minimum absolute atomic E-state index is 0.369. The number of aromatic nitrogens is 4. The molecule has 2 aromatic rings. The first-order valence-corrected chi connectivity index (χ1v) is 9.49. The molecule has 1 aromatic heterocycles. The van der Waals surface area contributed by atoms with E-state index in [1.54, 1.807) is 4.68 Å². The van der Waals surface area contributed by atoms with Crippen LogP contribution in [0, 0.1) is 12.8 Å². The Balaban J connectivity index is 1.54. The molecule has 6 nitrogen and oxygen atoms in total. The third kappa shape index (κ3) is 4.55. The number of piperidine rings is 1. The first-order chi connectivity index (χ1) is 11.6. The fourth-order valence-electron chi connectivity index (χ4n) is 2.96. The van der Waals surface area contributed by atoms with Crippen molar-refractivity contribution < 1.29 is 5.11 Å². The molecule has 1 unspecified atom stereocenters. The molecule has 3 rings (SSSR count). The Morgan fingerprint density at radius 2 is 2.12 bits per heavy atom. The number of aliphatic hydroxyl groups is 1. The highest BCUT2D eigenvalue weighted by molar-refractivity contribution is 7.99. The number of hydrogen-bond acceptors (Lipinski definition) is 6. The number of aryl methyl sites for hydroxylation is 1. The first-order valence-electron chi connectivity index (χ1n) is 8.50. The molecule has 1 aromatic carbocycles. The fraction of sp³-hybridized carbons (Fsp3) is 0.588. The summed E-state index contributed by atoms with van der Waals surface area (Å²) in [6.45, 7) is 7.25. The molecule has 2 heterocycles. The molecule has 24 heavy (non-hydrogen) atoms. The molecule has 1 N–H and O–H groups in total. The molecule has 1 atom stereocenters. The number of benzene rings is 1. The smallest absolute Gasteiger partial charge is 0.214 e. The summed E-state index contributed by atoms with van der Waals surface area (Å²) in [7, 11) is 0. The largest absolute Gasteiger partial charge is 0.391 e. The molecule has 7 heteroatoms. The third-order valence-electron chi connectivity index (χ3n) is 4.44. The highest BCUT2D eigenvalue weighted by atomic mass is 32.2. The Labute approximate surface area is 147 Å². The summed E-state index contributed by atoms with van der Waals surface area (Å²) >= 11 is 1.50. The van der Waals surface area contributed by atoms with Crippen molar-refractivity contribution in [3.05, 3.63) is 29.8 Å². The fourth-order valence-corrected chi connectivity index (χ4v) is 3.76. The van der Waals surface area contributed by atoms with E-state index in [0.29, 0.717) is 10.9 Å². The topological polar surface area (TPSA) is 67.1 Å². The lowest BCUT2D eigenvalue weighted by molar-refractivity contribution is 0.105. The van der Waals surface area contributed by atoms with Crippen molar-refractivity contribution in [1.29, 1.82) is 0 Å². The summed E-state index contributed by atoms with van der Waals surface area (Å²) in [5.41, 5.74) is 2.11. The first kappa shape index (κ1) is 17.4. The monoisotopic (exact) mass is 347 g/mol. The highest BCUT2D eigenvalue weighted by Crippen LogP contribution is 2.21. The Hall–Kier alpha value is -1.44. The molecule has 0 amide bonds. The van der Waals surface area contributed by atoms with Gasteiger partial charge in [-0.15, -0.1) is 5.10 Å². The van der Waals surface area contributed by atoms with Gasteiger partial charge >= 0.3 is 0 Å². The number of nitrogens with zero attached hydrogens (tertiary/aromatic N) is 5. The number of hydrogen-bond donors (Lipinski definition) is 1. The van der Waals surface area contributed by atoms with Crippen LogP contribution >= 0.6 is 11.8 Å². The van der Waals surface area contributed by atoms with E-state index < -0.39 is 0 Å². The van der Waals surface area contributed by atoms with E-state index >= 15 is 0 Å². The van der Waals surface area contributed by atoms with Crippen molar-refractivity contribution >= 4 is 11.8 Å². The van der Waals surface area contributed by atoms with Gasteiger partial charge in [0.25, 0.3) is 0 Å². The molecule has 0 saturated carbocycles. The van der Waals surface area contributed by atoms with E-state index in [1.807, 2.05) is 31.2 Å². The second kappa shape index (κ2) is 8.09. The minimum atomic E-state index is -0.369. The predicted molar refractivity (Wildman–Crippen MR) is 95.5 cm³/mol. The Morgan fingerprint density at radius 1 is 1.33 bits per heavy atom. The molecule has 0 radical (unpaired) electrons. The molecule has 0 spiro atoms. The van der Waals surface area contributed by atoms with Crippen LogP contribution in [-0.4, -0.2) is 61.7 Å². The van der Waals surface area contributed by atoms with Crippen LogP contribution < -0.4 is 0 Å². The van der Waals surface area contributed by atoms with Crippen molar-refractivity contribution in [3.63, 3.8) is 0 Å². The average Bonchev–Trinajstić information content (AvgIpc) is 3.04. The van der Waals surface area contributed by atoms with Gasteiger partial charge in [-0.1, -0.05) is 30.8 Å². The Bertz CT molecular complexity index is 654. The van der Waals surface area contributed by atoms with E-state index in [2.05, 4.69) is 27.3 Å². The van der Waals surface area contributed by atoms with Gasteiger partial charge < -0.3 is 10.0 Å². The quantitative estimate of drug-likeness (QED) is 0.808. The SMILES string of the molecule is Cc1cccc(-n2nnnc2SCC(O)CN2CCC(C)CC2)c1. The van der Waals surface area contributed by atoms with E-state index in [9.17, 15) is 5.11 Å². The van der Waals surface area contributed by atoms with E-state index in [0.717, 1.165) is 31.2 Å². The summed E-state index contributed by atoms with van der Waals surface area (Å²) in [5.74, 6) is 1.41. The van der Waals surface area contributed by atoms with E-state index in [-0.39, 0.29) is 6.10 Å². The van der Waals surface area contributed by atoms with Crippen LogP contribution in [-0.2, 0) is 0 Å². The average molecular weight is 347 g/mol. The van der Waals surface area contributed by atoms with Crippen LogP contribution in [0.3, 0.4) is 0 Å². The van der Waals surface area contributed by atoms with Crippen molar-refractivity contribution in [2.75, 3.05) is 25.4 Å². The molecule has 0 bridgehead atoms. The van der Waals surface area contributed by atoms with Gasteiger partial charge in [0.1, 0.15) is 0 Å². The minimum Gasteiger partial charge on any atom is -0.391 e. The lowest BCUT2D eigenvalue weighted by Crippen LogP contribution is -2.39. The summed E-state index contributed by atoms with van der Waals surface area (Å²) < 4.78 is 1.73. The number of rotatable bonds is 6. The van der Waals surface area contributed by atoms with Crippen molar-refractivity contribution in [2.24, 2.45) is 5.92 Å². The molecule has 0 aliphatic carbocycles. The van der Waals surface area contributed by atoms with Gasteiger partial charge in [-0.3, -0.25) is 0 Å². The molecule has 1 saturated heterocycles. The predicted octanol–water partition coefficient (Wildman–Crippen LogP) is 2.16. The van der Waals surface area contributed by atoms with Crippen LogP contribution in [0.15, 0.2) is 29.4 Å². The molecule has 130 valence electrons. The van der Waals surface area contributed by atoms with Crippen LogP contribution in [0.4, 0.5) is 0 Å². The van der Waals surface area contributed by atoms with Gasteiger partial charge in [-0.2, -0.15) is 4.68 Å². The number of thioether (sulfide) groups is 1. The second-order valence-electron chi connectivity index (χ2n) is 6.66. The summed E-state index contributed by atoms with van der Waals surface area (Å²) in [5, 5.41) is 23.0. The van der Waals surface area contributed by atoms with Crippen molar-refractivity contribution in [2.45, 2.75) is 37.9 Å². The van der Waals surface area contributed by atoms with Crippen LogP contribution in [0.2, 0.25) is 0 Å². The van der Waals surface area contributed by atoms with Gasteiger partial charge in [0, 0.05) is 12.3 Å². The van der Waals surface area contributed by atoms with E-state index in [4.69, 9.17) is 0 Å². The summed E-state index contributed by atoms with van der Waals surface area (Å²) in [6, 6.07) is 8.07. The summed E-state index contributed by atoms with van der Waals surface area (Å²) in [6.07, 6.45) is 2.09. The highest BCUT2D eigenvalue weighted by Gasteiger charge is 2.19. The maximum absolute atomic E-state index is 10.3. The standard InChI is InChI=1S/C17H25N5OS/c1-13-6-8-21(9-7-13)11-16(23)12-24-17-18-19-20-22(17)15-5-3-4-14(2)10-15/h3-5,10,13,16,23H,6-9,11-12H2,1-2H3. The van der Waals surface area contributed by atoms with Gasteiger partial charge in [-0.05, 0) is 66.9 Å². The molecule has 1 aliphatic rings. The molecule has 1 fully saturated rings. The number of likely N-dealkylation sites (tertiary alicyclic amines) is 1. The zero-order chi connectivity index (χ0) is 16.9. The lowest BCUT2D eigenvalue weighted by Gasteiger charge is -2.31. The van der Waals surface area contributed by atoms with Gasteiger partial charge in [0.15, 0.2) is 0 Å².